The highest BCUT2D eigenvalue weighted by Crippen LogP contribution is 2.23. The van der Waals surface area contributed by atoms with Crippen molar-refractivity contribution < 1.29 is 13.2 Å². The number of aromatic nitrogens is 1. The maximum atomic E-state index is 12.8. The van der Waals surface area contributed by atoms with Gasteiger partial charge in [0.25, 0.3) is 5.91 Å². The summed E-state index contributed by atoms with van der Waals surface area (Å²) < 4.78 is 24.3. The normalized spacial score (nSPS) is 24.0. The minimum Gasteiger partial charge on any atom is -0.351 e. The van der Waals surface area contributed by atoms with Gasteiger partial charge in [0.1, 0.15) is 5.69 Å². The van der Waals surface area contributed by atoms with E-state index in [2.05, 4.69) is 25.8 Å². The van der Waals surface area contributed by atoms with Gasteiger partial charge in [-0.15, -0.1) is 0 Å². The summed E-state index contributed by atoms with van der Waals surface area (Å²) in [6, 6.07) is 7.89. The lowest BCUT2D eigenvalue weighted by Gasteiger charge is -2.37. The Kier molecular flexibility index (Phi) is 4.37. The molecule has 2 aliphatic heterocycles. The lowest BCUT2D eigenvalue weighted by atomic mass is 10.2. The molecule has 1 aromatic carbocycles. The average molecular weight is 426 g/mol. The van der Waals surface area contributed by atoms with Crippen molar-refractivity contribution in [3.63, 3.8) is 0 Å². The lowest BCUT2D eigenvalue weighted by Crippen LogP contribution is -2.52. The molecule has 1 amide bonds. The van der Waals surface area contributed by atoms with E-state index in [0.29, 0.717) is 31.0 Å². The molecule has 8 heteroatoms. The summed E-state index contributed by atoms with van der Waals surface area (Å²) in [7, 11) is -2.87. The molecule has 134 valence electrons. The summed E-state index contributed by atoms with van der Waals surface area (Å²) in [5.41, 5.74) is 1.55. The molecule has 0 bridgehead atoms. The van der Waals surface area contributed by atoms with Gasteiger partial charge in [0.2, 0.25) is 0 Å². The zero-order valence-electron chi connectivity index (χ0n) is 13.7. The second-order valence-electron chi connectivity index (χ2n) is 6.80. The molecule has 2 fully saturated rings. The predicted molar refractivity (Wildman–Crippen MR) is 101 cm³/mol. The van der Waals surface area contributed by atoms with Crippen LogP contribution in [0.3, 0.4) is 0 Å². The summed E-state index contributed by atoms with van der Waals surface area (Å²) in [5.74, 6) is 0.560. The monoisotopic (exact) mass is 425 g/mol. The number of hydrogen-bond donors (Lipinski definition) is 1. The summed E-state index contributed by atoms with van der Waals surface area (Å²) in [5, 5.41) is 1.01. The van der Waals surface area contributed by atoms with Crippen LogP contribution in [0.1, 0.15) is 16.9 Å². The van der Waals surface area contributed by atoms with Crippen LogP contribution in [0.15, 0.2) is 28.7 Å². The molecule has 1 N–H and O–H groups in total. The van der Waals surface area contributed by atoms with Crippen molar-refractivity contribution in [2.45, 2.75) is 12.5 Å². The molecular weight excluding hydrogens is 406 g/mol. The lowest BCUT2D eigenvalue weighted by molar-refractivity contribution is 0.0583. The molecule has 3 heterocycles. The molecule has 0 aliphatic carbocycles. The van der Waals surface area contributed by atoms with Gasteiger partial charge in [0, 0.05) is 47.6 Å². The van der Waals surface area contributed by atoms with Gasteiger partial charge in [-0.25, -0.2) is 8.42 Å². The first-order valence-corrected chi connectivity index (χ1v) is 11.0. The molecule has 2 aliphatic rings. The van der Waals surface area contributed by atoms with E-state index in [4.69, 9.17) is 0 Å². The Labute approximate surface area is 155 Å². The van der Waals surface area contributed by atoms with Crippen LogP contribution in [0.2, 0.25) is 0 Å². The first-order valence-electron chi connectivity index (χ1n) is 8.43. The minimum atomic E-state index is -2.87. The largest absolute Gasteiger partial charge is 0.351 e. The van der Waals surface area contributed by atoms with Crippen molar-refractivity contribution in [2.24, 2.45) is 0 Å². The van der Waals surface area contributed by atoms with E-state index in [9.17, 15) is 13.2 Å². The van der Waals surface area contributed by atoms with E-state index in [1.165, 1.54) is 0 Å². The standard InChI is InChI=1S/C17H20BrN3O3S/c18-13-1-2-15-12(9-13)10-16(19-15)17(22)21-6-4-20(5-7-21)14-3-8-25(23,24)11-14/h1-2,9-10,14,19H,3-8,11H2/t14-/m1/s1. The molecule has 1 atom stereocenters. The van der Waals surface area contributed by atoms with Crippen molar-refractivity contribution in [3.8, 4) is 0 Å². The van der Waals surface area contributed by atoms with E-state index in [0.717, 1.165) is 28.5 Å². The highest BCUT2D eigenvalue weighted by atomic mass is 79.9. The van der Waals surface area contributed by atoms with Crippen LogP contribution in [0.25, 0.3) is 10.9 Å². The number of sulfone groups is 1. The van der Waals surface area contributed by atoms with Crippen LogP contribution >= 0.6 is 15.9 Å². The molecule has 0 spiro atoms. The summed E-state index contributed by atoms with van der Waals surface area (Å²) in [6.45, 7) is 2.73. The molecule has 1 aromatic heterocycles. The van der Waals surface area contributed by atoms with Gasteiger partial charge in [-0.1, -0.05) is 15.9 Å². The third kappa shape index (κ3) is 3.47. The zero-order chi connectivity index (χ0) is 17.6. The second kappa shape index (κ2) is 6.41. The van der Waals surface area contributed by atoms with Crippen molar-refractivity contribution >= 4 is 42.6 Å². The van der Waals surface area contributed by atoms with Crippen molar-refractivity contribution in [3.05, 3.63) is 34.4 Å². The van der Waals surface area contributed by atoms with Crippen LogP contribution in [0, 0.1) is 0 Å². The molecular formula is C17H20BrN3O3S. The third-order valence-corrected chi connectivity index (χ3v) is 7.38. The summed E-state index contributed by atoms with van der Waals surface area (Å²) in [6.07, 6.45) is 0.715. The van der Waals surface area contributed by atoms with Crippen molar-refractivity contribution in [2.75, 3.05) is 37.7 Å². The predicted octanol–water partition coefficient (Wildman–Crippen LogP) is 1.88. The Morgan fingerprint density at radius 1 is 1.16 bits per heavy atom. The highest BCUT2D eigenvalue weighted by molar-refractivity contribution is 9.10. The van der Waals surface area contributed by atoms with E-state index in [1.807, 2.05) is 29.2 Å². The third-order valence-electron chi connectivity index (χ3n) is 5.14. The van der Waals surface area contributed by atoms with E-state index < -0.39 is 9.84 Å². The van der Waals surface area contributed by atoms with Gasteiger partial charge in [-0.3, -0.25) is 9.69 Å². The number of benzene rings is 1. The fourth-order valence-electron chi connectivity index (χ4n) is 3.74. The van der Waals surface area contributed by atoms with Gasteiger partial charge in [0.15, 0.2) is 9.84 Å². The number of rotatable bonds is 2. The first kappa shape index (κ1) is 17.1. The molecule has 0 saturated carbocycles. The van der Waals surface area contributed by atoms with E-state index in [1.54, 1.807) is 0 Å². The Bertz CT molecular complexity index is 916. The highest BCUT2D eigenvalue weighted by Gasteiger charge is 2.34. The van der Waals surface area contributed by atoms with Gasteiger partial charge in [0.05, 0.1) is 11.5 Å². The maximum Gasteiger partial charge on any atom is 0.270 e. The number of carbonyl (C=O) groups excluding carboxylic acids is 1. The minimum absolute atomic E-state index is 0.00557. The molecule has 25 heavy (non-hydrogen) atoms. The number of nitrogens with one attached hydrogen (secondary N) is 1. The number of carbonyl (C=O) groups is 1. The Morgan fingerprint density at radius 3 is 2.60 bits per heavy atom. The number of nitrogens with zero attached hydrogens (tertiary/aromatic N) is 2. The SMILES string of the molecule is O=C(c1cc2cc(Br)ccc2[nH]1)N1CCN([C@@H]2CCS(=O)(=O)C2)CC1. The Hall–Kier alpha value is -1.38. The van der Waals surface area contributed by atoms with E-state index in [-0.39, 0.29) is 17.7 Å². The molecule has 0 radical (unpaired) electrons. The van der Waals surface area contributed by atoms with Gasteiger partial charge in [-0.2, -0.15) is 0 Å². The quantitative estimate of drug-likeness (QED) is 0.796. The average Bonchev–Trinajstić information content (AvgIpc) is 3.17. The van der Waals surface area contributed by atoms with Crippen LogP contribution in [-0.4, -0.2) is 72.8 Å². The van der Waals surface area contributed by atoms with Gasteiger partial charge >= 0.3 is 0 Å². The molecule has 6 nitrogen and oxygen atoms in total. The van der Waals surface area contributed by atoms with Gasteiger partial charge < -0.3 is 9.88 Å². The zero-order valence-corrected chi connectivity index (χ0v) is 16.1. The number of halogens is 1. The number of aromatic amines is 1. The van der Waals surface area contributed by atoms with Gasteiger partial charge in [-0.05, 0) is 30.7 Å². The molecule has 2 saturated heterocycles. The summed E-state index contributed by atoms with van der Waals surface area (Å²) >= 11 is 3.44. The number of hydrogen-bond acceptors (Lipinski definition) is 4. The number of amides is 1. The van der Waals surface area contributed by atoms with Crippen LogP contribution in [-0.2, 0) is 9.84 Å². The number of fused-ring (bicyclic) bond motifs is 1. The Balaban J connectivity index is 1.42. The second-order valence-corrected chi connectivity index (χ2v) is 9.94. The number of piperazine rings is 1. The summed E-state index contributed by atoms with van der Waals surface area (Å²) in [4.78, 5) is 20.0. The van der Waals surface area contributed by atoms with Crippen LogP contribution in [0.5, 0.6) is 0 Å². The molecule has 2 aromatic rings. The smallest absolute Gasteiger partial charge is 0.270 e. The molecule has 0 unspecified atom stereocenters. The van der Waals surface area contributed by atoms with E-state index >= 15 is 0 Å². The van der Waals surface area contributed by atoms with Crippen LogP contribution < -0.4 is 0 Å². The fraction of sp³-hybridized carbons (Fsp3) is 0.471. The van der Waals surface area contributed by atoms with Crippen molar-refractivity contribution in [1.29, 1.82) is 0 Å². The van der Waals surface area contributed by atoms with Crippen LogP contribution in [0.4, 0.5) is 0 Å². The Morgan fingerprint density at radius 2 is 1.92 bits per heavy atom. The number of H-pyrrole nitrogens is 1. The molecule has 4 rings (SSSR count). The maximum absolute atomic E-state index is 12.8. The fourth-order valence-corrected chi connectivity index (χ4v) is 5.88. The first-order chi connectivity index (χ1) is 11.9. The topological polar surface area (TPSA) is 73.5 Å². The van der Waals surface area contributed by atoms with Crippen molar-refractivity contribution in [1.82, 2.24) is 14.8 Å².